The van der Waals surface area contributed by atoms with E-state index < -0.39 is 5.97 Å². The van der Waals surface area contributed by atoms with Crippen LogP contribution in [-0.4, -0.2) is 29.6 Å². The molecule has 8 heteroatoms. The summed E-state index contributed by atoms with van der Waals surface area (Å²) < 4.78 is 16.9. The van der Waals surface area contributed by atoms with Crippen molar-refractivity contribution in [1.82, 2.24) is 9.38 Å². The van der Waals surface area contributed by atoms with Gasteiger partial charge in [-0.1, -0.05) is 0 Å². The standard InChI is InChI=1S/C16H14N2O5S/c1-21-11-3-4-12(13(8-11)22-2)15(20)23-9-10-7-14(19)18-5-6-24-16(18)17-10/h3-8H,9H2,1-2H3. The summed E-state index contributed by atoms with van der Waals surface area (Å²) in [5.41, 5.74) is 0.449. The van der Waals surface area contributed by atoms with E-state index in [1.165, 1.54) is 36.0 Å². The van der Waals surface area contributed by atoms with Crippen LogP contribution in [0.2, 0.25) is 0 Å². The van der Waals surface area contributed by atoms with Gasteiger partial charge >= 0.3 is 5.97 Å². The number of ether oxygens (including phenoxy) is 3. The van der Waals surface area contributed by atoms with Crippen molar-refractivity contribution in [3.8, 4) is 11.5 Å². The predicted molar refractivity (Wildman–Crippen MR) is 88.0 cm³/mol. The molecule has 1 aromatic carbocycles. The zero-order valence-corrected chi connectivity index (χ0v) is 13.8. The number of nitrogens with zero attached hydrogens (tertiary/aromatic N) is 2. The van der Waals surface area contributed by atoms with Gasteiger partial charge in [0.2, 0.25) is 0 Å². The molecule has 3 rings (SSSR count). The van der Waals surface area contributed by atoms with Crippen LogP contribution in [0.25, 0.3) is 4.96 Å². The molecule has 0 aliphatic rings. The molecule has 2 aromatic heterocycles. The number of carbonyl (C=O) groups excluding carboxylic acids is 1. The SMILES string of the molecule is COc1ccc(C(=O)OCc2cc(=O)n3ccsc3n2)c(OC)c1. The Hall–Kier alpha value is -2.87. The average Bonchev–Trinajstić information content (AvgIpc) is 3.08. The molecule has 0 radical (unpaired) electrons. The molecule has 0 bridgehead atoms. The number of carbonyl (C=O) groups is 1. The first kappa shape index (κ1) is 16.0. The van der Waals surface area contributed by atoms with Gasteiger partial charge in [0, 0.05) is 23.7 Å². The molecule has 0 saturated carbocycles. The van der Waals surface area contributed by atoms with Gasteiger partial charge in [0.25, 0.3) is 5.56 Å². The molecule has 24 heavy (non-hydrogen) atoms. The van der Waals surface area contributed by atoms with Crippen molar-refractivity contribution in [3.63, 3.8) is 0 Å². The van der Waals surface area contributed by atoms with Gasteiger partial charge in [-0.15, -0.1) is 11.3 Å². The number of fused-ring (bicyclic) bond motifs is 1. The number of esters is 1. The van der Waals surface area contributed by atoms with Crippen molar-refractivity contribution in [1.29, 1.82) is 0 Å². The Bertz CT molecular complexity index is 947. The van der Waals surface area contributed by atoms with Crippen LogP contribution in [0.15, 0.2) is 40.6 Å². The molecule has 124 valence electrons. The quantitative estimate of drug-likeness (QED) is 0.659. The minimum absolute atomic E-state index is 0.0995. The molecule has 0 aliphatic heterocycles. The molecule has 2 heterocycles. The zero-order chi connectivity index (χ0) is 17.1. The summed E-state index contributed by atoms with van der Waals surface area (Å²) in [6, 6.07) is 6.14. The highest BCUT2D eigenvalue weighted by Gasteiger charge is 2.15. The Morgan fingerprint density at radius 2 is 2.08 bits per heavy atom. The zero-order valence-electron chi connectivity index (χ0n) is 13.0. The Labute approximate surface area is 141 Å². The van der Waals surface area contributed by atoms with E-state index in [2.05, 4.69) is 4.98 Å². The van der Waals surface area contributed by atoms with Gasteiger partial charge in [0.05, 0.1) is 19.9 Å². The lowest BCUT2D eigenvalue weighted by molar-refractivity contribution is 0.0464. The Morgan fingerprint density at radius 1 is 1.25 bits per heavy atom. The van der Waals surface area contributed by atoms with Gasteiger partial charge in [-0.25, -0.2) is 9.78 Å². The van der Waals surface area contributed by atoms with Crippen molar-refractivity contribution in [3.05, 3.63) is 57.5 Å². The third-order valence-electron chi connectivity index (χ3n) is 3.34. The summed E-state index contributed by atoms with van der Waals surface area (Å²) >= 11 is 1.33. The third kappa shape index (κ3) is 3.09. The van der Waals surface area contributed by atoms with Gasteiger partial charge in [-0.2, -0.15) is 0 Å². The van der Waals surface area contributed by atoms with Crippen LogP contribution in [-0.2, 0) is 11.3 Å². The Balaban J connectivity index is 1.78. The number of hydrogen-bond donors (Lipinski definition) is 0. The van der Waals surface area contributed by atoms with Crippen LogP contribution in [0.1, 0.15) is 16.1 Å². The lowest BCUT2D eigenvalue weighted by Crippen LogP contribution is -2.15. The van der Waals surface area contributed by atoms with Crippen LogP contribution < -0.4 is 15.0 Å². The first-order valence-corrected chi connectivity index (χ1v) is 7.85. The fourth-order valence-corrected chi connectivity index (χ4v) is 2.88. The van der Waals surface area contributed by atoms with E-state index in [1.807, 2.05) is 0 Å². The van der Waals surface area contributed by atoms with Crippen LogP contribution in [0.4, 0.5) is 0 Å². The highest BCUT2D eigenvalue weighted by atomic mass is 32.1. The second kappa shape index (κ2) is 6.71. The lowest BCUT2D eigenvalue weighted by atomic mass is 10.2. The molecule has 7 nitrogen and oxygen atoms in total. The number of benzene rings is 1. The molecule has 0 N–H and O–H groups in total. The van der Waals surface area contributed by atoms with Crippen LogP contribution in [0.5, 0.6) is 11.5 Å². The second-order valence-electron chi connectivity index (χ2n) is 4.78. The predicted octanol–water partition coefficient (Wildman–Crippen LogP) is 2.13. The van der Waals surface area contributed by atoms with E-state index >= 15 is 0 Å². The molecule has 0 amide bonds. The van der Waals surface area contributed by atoms with Gasteiger partial charge in [0.15, 0.2) is 4.96 Å². The summed E-state index contributed by atoms with van der Waals surface area (Å²) in [5, 5.41) is 1.77. The number of thiazole rings is 1. The van der Waals surface area contributed by atoms with E-state index in [0.29, 0.717) is 22.2 Å². The van der Waals surface area contributed by atoms with Gasteiger partial charge < -0.3 is 14.2 Å². The summed E-state index contributed by atoms with van der Waals surface area (Å²) in [5.74, 6) is 0.352. The topological polar surface area (TPSA) is 79.1 Å². The maximum absolute atomic E-state index is 12.2. The van der Waals surface area contributed by atoms with Gasteiger partial charge in [-0.3, -0.25) is 9.20 Å². The number of rotatable bonds is 5. The van der Waals surface area contributed by atoms with E-state index in [9.17, 15) is 9.59 Å². The van der Waals surface area contributed by atoms with Crippen molar-refractivity contribution in [2.45, 2.75) is 6.61 Å². The van der Waals surface area contributed by atoms with Crippen molar-refractivity contribution in [2.75, 3.05) is 14.2 Å². The van der Waals surface area contributed by atoms with Gasteiger partial charge in [0.1, 0.15) is 23.7 Å². The second-order valence-corrected chi connectivity index (χ2v) is 5.66. The normalized spacial score (nSPS) is 10.6. The molecule has 0 spiro atoms. The monoisotopic (exact) mass is 346 g/mol. The number of methoxy groups -OCH3 is 2. The summed E-state index contributed by atoms with van der Waals surface area (Å²) in [4.78, 5) is 29.0. The lowest BCUT2D eigenvalue weighted by Gasteiger charge is -2.10. The van der Waals surface area contributed by atoms with Crippen LogP contribution in [0, 0.1) is 0 Å². The molecule has 3 aromatic rings. The maximum atomic E-state index is 12.2. The largest absolute Gasteiger partial charge is 0.497 e. The smallest absolute Gasteiger partial charge is 0.342 e. The molecule has 0 atom stereocenters. The van der Waals surface area contributed by atoms with E-state index in [-0.39, 0.29) is 17.7 Å². The summed E-state index contributed by atoms with van der Waals surface area (Å²) in [6.45, 7) is -0.0995. The van der Waals surface area contributed by atoms with Crippen LogP contribution >= 0.6 is 11.3 Å². The van der Waals surface area contributed by atoms with E-state index in [1.54, 1.807) is 29.8 Å². The first-order valence-electron chi connectivity index (χ1n) is 6.97. The van der Waals surface area contributed by atoms with Crippen molar-refractivity contribution < 1.29 is 19.0 Å². The summed E-state index contributed by atoms with van der Waals surface area (Å²) in [7, 11) is 2.98. The molecule has 0 unspecified atom stereocenters. The summed E-state index contributed by atoms with van der Waals surface area (Å²) in [6.07, 6.45) is 1.65. The Morgan fingerprint density at radius 3 is 2.83 bits per heavy atom. The average molecular weight is 346 g/mol. The third-order valence-corrected chi connectivity index (χ3v) is 4.09. The van der Waals surface area contributed by atoms with Crippen molar-refractivity contribution >= 4 is 22.3 Å². The Kier molecular flexibility index (Phi) is 4.48. The highest BCUT2D eigenvalue weighted by molar-refractivity contribution is 7.15. The molecule has 0 saturated heterocycles. The first-order chi connectivity index (χ1) is 11.6. The molecular weight excluding hydrogens is 332 g/mol. The molecule has 0 fully saturated rings. The fourth-order valence-electron chi connectivity index (χ4n) is 2.15. The number of hydrogen-bond acceptors (Lipinski definition) is 7. The van der Waals surface area contributed by atoms with E-state index in [0.717, 1.165) is 0 Å². The van der Waals surface area contributed by atoms with Gasteiger partial charge in [-0.05, 0) is 12.1 Å². The van der Waals surface area contributed by atoms with Crippen LogP contribution in [0.3, 0.4) is 0 Å². The minimum atomic E-state index is -0.567. The van der Waals surface area contributed by atoms with E-state index in [4.69, 9.17) is 14.2 Å². The number of aromatic nitrogens is 2. The molecule has 0 aliphatic carbocycles. The molecular formula is C16H14N2O5S. The minimum Gasteiger partial charge on any atom is -0.497 e. The fraction of sp³-hybridized carbons (Fsp3) is 0.188. The van der Waals surface area contributed by atoms with Crippen molar-refractivity contribution in [2.24, 2.45) is 0 Å². The maximum Gasteiger partial charge on any atom is 0.342 e. The highest BCUT2D eigenvalue weighted by Crippen LogP contribution is 2.25.